The summed E-state index contributed by atoms with van der Waals surface area (Å²) in [7, 11) is 0. The van der Waals surface area contributed by atoms with E-state index < -0.39 is 0 Å². The topological polar surface area (TPSA) is 48.9 Å². The number of thiophene rings is 1. The molecular formula is C16H29IN4OS. The van der Waals surface area contributed by atoms with E-state index in [1.165, 1.54) is 4.88 Å². The number of nitrogens with zero attached hydrogens (tertiary/aromatic N) is 2. The highest BCUT2D eigenvalue weighted by molar-refractivity contribution is 14.0. The zero-order chi connectivity index (χ0) is 15.8. The lowest BCUT2D eigenvalue weighted by atomic mass is 10.2. The molecule has 7 heteroatoms. The van der Waals surface area contributed by atoms with Gasteiger partial charge in [0.1, 0.15) is 0 Å². The van der Waals surface area contributed by atoms with Crippen molar-refractivity contribution >= 4 is 41.3 Å². The summed E-state index contributed by atoms with van der Waals surface area (Å²) in [5.41, 5.74) is 0. The van der Waals surface area contributed by atoms with Gasteiger partial charge in [0.05, 0.1) is 19.8 Å². The molecule has 132 valence electrons. The van der Waals surface area contributed by atoms with Gasteiger partial charge >= 0.3 is 0 Å². The molecule has 1 aliphatic heterocycles. The number of aliphatic imine (C=N–C) groups is 1. The summed E-state index contributed by atoms with van der Waals surface area (Å²) in [5.74, 6) is 0.892. The zero-order valence-electron chi connectivity index (χ0n) is 14.2. The second kappa shape index (κ2) is 11.2. The van der Waals surface area contributed by atoms with E-state index in [-0.39, 0.29) is 24.0 Å². The Morgan fingerprint density at radius 1 is 1.52 bits per heavy atom. The van der Waals surface area contributed by atoms with Crippen molar-refractivity contribution in [3.8, 4) is 0 Å². The Kier molecular flexibility index (Phi) is 10.1. The van der Waals surface area contributed by atoms with Gasteiger partial charge in [-0.05, 0) is 32.2 Å². The summed E-state index contributed by atoms with van der Waals surface area (Å²) in [6.07, 6.45) is 0. The number of rotatable bonds is 6. The molecule has 23 heavy (non-hydrogen) atoms. The molecular weight excluding hydrogens is 423 g/mol. The van der Waals surface area contributed by atoms with Gasteiger partial charge in [0.15, 0.2) is 5.96 Å². The maximum Gasteiger partial charge on any atom is 0.191 e. The third-order valence-corrected chi connectivity index (χ3v) is 4.73. The number of halogens is 1. The standard InChI is InChI=1S/C16H28N4OS.HI/c1-4-17-16(19-11-15-6-5-9-22-15)18-10-13(2)20-7-8-21-12-14(20)3;/h5-6,9,13-14H,4,7-8,10-12H2,1-3H3,(H2,17,18,19);1H. The van der Waals surface area contributed by atoms with E-state index in [2.05, 4.69) is 58.8 Å². The number of guanidine groups is 1. The van der Waals surface area contributed by atoms with E-state index in [4.69, 9.17) is 4.74 Å². The van der Waals surface area contributed by atoms with E-state index in [0.29, 0.717) is 12.1 Å². The molecule has 0 aliphatic carbocycles. The van der Waals surface area contributed by atoms with Crippen molar-refractivity contribution in [3.05, 3.63) is 22.4 Å². The van der Waals surface area contributed by atoms with Crippen molar-refractivity contribution < 1.29 is 4.74 Å². The summed E-state index contributed by atoms with van der Waals surface area (Å²) < 4.78 is 5.51. The highest BCUT2D eigenvalue weighted by atomic mass is 127. The molecule has 2 atom stereocenters. The van der Waals surface area contributed by atoms with Crippen LogP contribution in [0.5, 0.6) is 0 Å². The lowest BCUT2D eigenvalue weighted by Gasteiger charge is -2.38. The van der Waals surface area contributed by atoms with Gasteiger partial charge in [0.25, 0.3) is 0 Å². The minimum atomic E-state index is 0. The van der Waals surface area contributed by atoms with Crippen LogP contribution in [0.4, 0.5) is 0 Å². The van der Waals surface area contributed by atoms with Crippen LogP contribution < -0.4 is 10.6 Å². The summed E-state index contributed by atoms with van der Waals surface area (Å²) in [6.45, 7) is 11.7. The molecule has 2 rings (SSSR count). The molecule has 0 saturated carbocycles. The van der Waals surface area contributed by atoms with E-state index in [1.807, 2.05) is 0 Å². The fourth-order valence-corrected chi connectivity index (χ4v) is 3.29. The van der Waals surface area contributed by atoms with Crippen molar-refractivity contribution in [3.63, 3.8) is 0 Å². The molecule has 2 unspecified atom stereocenters. The van der Waals surface area contributed by atoms with E-state index in [0.717, 1.165) is 45.4 Å². The fraction of sp³-hybridized carbons (Fsp3) is 0.688. The average molecular weight is 452 g/mol. The fourth-order valence-electron chi connectivity index (χ4n) is 2.66. The smallest absolute Gasteiger partial charge is 0.191 e. The summed E-state index contributed by atoms with van der Waals surface area (Å²) >= 11 is 1.75. The predicted octanol–water partition coefficient (Wildman–Crippen LogP) is 2.53. The van der Waals surface area contributed by atoms with Crippen molar-refractivity contribution in [2.24, 2.45) is 4.99 Å². The molecule has 0 radical (unpaired) electrons. The number of hydrogen-bond acceptors (Lipinski definition) is 4. The molecule has 0 spiro atoms. The Balaban J connectivity index is 0.00000264. The number of hydrogen-bond donors (Lipinski definition) is 2. The van der Waals surface area contributed by atoms with Crippen LogP contribution in [0.3, 0.4) is 0 Å². The van der Waals surface area contributed by atoms with Gasteiger partial charge in [-0.15, -0.1) is 35.3 Å². The molecule has 0 amide bonds. The average Bonchev–Trinajstić information content (AvgIpc) is 3.03. The van der Waals surface area contributed by atoms with E-state index in [9.17, 15) is 0 Å². The molecule has 0 bridgehead atoms. The molecule has 1 aliphatic rings. The molecule has 5 nitrogen and oxygen atoms in total. The second-order valence-electron chi connectivity index (χ2n) is 5.67. The van der Waals surface area contributed by atoms with Gasteiger partial charge in [0, 0.05) is 36.6 Å². The molecule has 2 heterocycles. The normalized spacial score (nSPS) is 20.7. The number of ether oxygens (including phenoxy) is 1. The van der Waals surface area contributed by atoms with E-state index >= 15 is 0 Å². The van der Waals surface area contributed by atoms with Gasteiger partial charge in [-0.25, -0.2) is 4.99 Å². The largest absolute Gasteiger partial charge is 0.379 e. The molecule has 1 aromatic rings. The summed E-state index contributed by atoms with van der Waals surface area (Å²) in [5, 5.41) is 8.87. The highest BCUT2D eigenvalue weighted by Gasteiger charge is 2.23. The van der Waals surface area contributed by atoms with Gasteiger partial charge in [-0.1, -0.05) is 6.07 Å². The van der Waals surface area contributed by atoms with Crippen LogP contribution in [-0.4, -0.2) is 55.8 Å². The van der Waals surface area contributed by atoms with Gasteiger partial charge in [-0.3, -0.25) is 4.90 Å². The van der Waals surface area contributed by atoms with Crippen molar-refractivity contribution in [2.75, 3.05) is 32.8 Å². The molecule has 0 aromatic carbocycles. The Hall–Kier alpha value is -0.380. The summed E-state index contributed by atoms with van der Waals surface area (Å²) in [6, 6.07) is 5.13. The van der Waals surface area contributed by atoms with E-state index in [1.54, 1.807) is 11.3 Å². The quantitative estimate of drug-likeness (QED) is 0.396. The van der Waals surface area contributed by atoms with Crippen molar-refractivity contribution in [1.82, 2.24) is 15.5 Å². The van der Waals surface area contributed by atoms with Gasteiger partial charge in [0.2, 0.25) is 0 Å². The van der Waals surface area contributed by atoms with Gasteiger partial charge < -0.3 is 15.4 Å². The first-order valence-corrected chi connectivity index (χ1v) is 8.96. The van der Waals surface area contributed by atoms with Crippen LogP contribution >= 0.6 is 35.3 Å². The SMILES string of the molecule is CCNC(=NCc1cccs1)NCC(C)N1CCOCC1C.I. The van der Waals surface area contributed by atoms with Crippen LogP contribution in [0.1, 0.15) is 25.6 Å². The first kappa shape index (κ1) is 20.7. The second-order valence-corrected chi connectivity index (χ2v) is 6.70. The Morgan fingerprint density at radius 3 is 3.00 bits per heavy atom. The van der Waals surface area contributed by atoms with Crippen LogP contribution in [0.2, 0.25) is 0 Å². The van der Waals surface area contributed by atoms with Crippen molar-refractivity contribution in [1.29, 1.82) is 0 Å². The van der Waals surface area contributed by atoms with Crippen LogP contribution in [-0.2, 0) is 11.3 Å². The molecule has 1 fully saturated rings. The van der Waals surface area contributed by atoms with Gasteiger partial charge in [-0.2, -0.15) is 0 Å². The molecule has 2 N–H and O–H groups in total. The first-order valence-electron chi connectivity index (χ1n) is 8.08. The monoisotopic (exact) mass is 452 g/mol. The third-order valence-electron chi connectivity index (χ3n) is 3.87. The Labute approximate surface area is 160 Å². The predicted molar refractivity (Wildman–Crippen MR) is 109 cm³/mol. The van der Waals surface area contributed by atoms with Crippen LogP contribution in [0, 0.1) is 0 Å². The minimum absolute atomic E-state index is 0. The maximum atomic E-state index is 5.51. The maximum absolute atomic E-state index is 5.51. The van der Waals surface area contributed by atoms with Crippen LogP contribution in [0.25, 0.3) is 0 Å². The summed E-state index contributed by atoms with van der Waals surface area (Å²) in [4.78, 5) is 8.44. The van der Waals surface area contributed by atoms with Crippen molar-refractivity contribution in [2.45, 2.75) is 39.4 Å². The minimum Gasteiger partial charge on any atom is -0.379 e. The Morgan fingerprint density at radius 2 is 2.35 bits per heavy atom. The first-order chi connectivity index (χ1) is 10.7. The number of nitrogens with one attached hydrogen (secondary N) is 2. The lowest BCUT2D eigenvalue weighted by molar-refractivity contribution is -0.0174. The Bertz CT molecular complexity index is 455. The highest BCUT2D eigenvalue weighted by Crippen LogP contribution is 2.11. The van der Waals surface area contributed by atoms with Crippen LogP contribution in [0.15, 0.2) is 22.5 Å². The molecule has 1 aromatic heterocycles. The molecule has 1 saturated heterocycles. The lowest BCUT2D eigenvalue weighted by Crippen LogP contribution is -2.53. The number of morpholine rings is 1. The zero-order valence-corrected chi connectivity index (χ0v) is 17.4. The third kappa shape index (κ3) is 6.94.